The standard InChI is InChI=1S/C20H30N4O3/c1-3-6-14(2)24-13-20(27-19(24)26)9-11-23(12-10-20)18(25)17-15-7-4-5-8-16(15)21-22-17/h14H,3-13H2,1-2H3,(H,21,22)/t14-/m1/s1. The van der Waals surface area contributed by atoms with Crippen LogP contribution in [0, 0.1) is 0 Å². The van der Waals surface area contributed by atoms with Crippen LogP contribution in [0.15, 0.2) is 0 Å². The normalized spacial score (nSPS) is 22.7. The third-order valence-corrected chi connectivity index (χ3v) is 6.46. The largest absolute Gasteiger partial charge is 0.441 e. The second kappa shape index (κ2) is 7.17. The first-order chi connectivity index (χ1) is 13.0. The van der Waals surface area contributed by atoms with Gasteiger partial charge in [-0.15, -0.1) is 0 Å². The van der Waals surface area contributed by atoms with E-state index >= 15 is 0 Å². The number of rotatable bonds is 4. The van der Waals surface area contributed by atoms with Crippen molar-refractivity contribution >= 4 is 12.0 Å². The highest BCUT2D eigenvalue weighted by Crippen LogP contribution is 2.35. The minimum atomic E-state index is -0.430. The molecule has 2 amide bonds. The number of nitrogens with one attached hydrogen (secondary N) is 1. The van der Waals surface area contributed by atoms with Gasteiger partial charge in [-0.1, -0.05) is 13.3 Å². The quantitative estimate of drug-likeness (QED) is 0.879. The molecule has 1 atom stereocenters. The monoisotopic (exact) mass is 374 g/mol. The van der Waals surface area contributed by atoms with Crippen LogP contribution in [0.2, 0.25) is 0 Å². The molecule has 7 heteroatoms. The minimum Gasteiger partial charge on any atom is -0.441 e. The number of aromatic nitrogens is 2. The molecule has 0 bridgehead atoms. The molecule has 0 aromatic carbocycles. The summed E-state index contributed by atoms with van der Waals surface area (Å²) in [6.07, 6.45) is 7.45. The molecule has 0 radical (unpaired) electrons. The number of carbonyl (C=O) groups is 2. The van der Waals surface area contributed by atoms with Gasteiger partial charge in [-0.2, -0.15) is 5.10 Å². The van der Waals surface area contributed by atoms with E-state index in [1.165, 1.54) is 0 Å². The van der Waals surface area contributed by atoms with Crippen molar-refractivity contribution in [1.29, 1.82) is 0 Å². The van der Waals surface area contributed by atoms with Crippen molar-refractivity contribution in [2.45, 2.75) is 76.9 Å². The van der Waals surface area contributed by atoms with Crippen molar-refractivity contribution in [1.82, 2.24) is 20.0 Å². The number of nitrogens with zero attached hydrogens (tertiary/aromatic N) is 3. The summed E-state index contributed by atoms with van der Waals surface area (Å²) in [7, 11) is 0. The molecule has 2 saturated heterocycles. The summed E-state index contributed by atoms with van der Waals surface area (Å²) in [6.45, 7) is 6.09. The molecule has 27 heavy (non-hydrogen) atoms. The Morgan fingerprint density at radius 2 is 2.04 bits per heavy atom. The van der Waals surface area contributed by atoms with Crippen LogP contribution in [0.3, 0.4) is 0 Å². The van der Waals surface area contributed by atoms with Crippen molar-refractivity contribution in [3.05, 3.63) is 17.0 Å². The van der Waals surface area contributed by atoms with Gasteiger partial charge in [0.25, 0.3) is 5.91 Å². The Bertz CT molecular complexity index is 721. The molecular formula is C20H30N4O3. The van der Waals surface area contributed by atoms with Crippen molar-refractivity contribution in [3.8, 4) is 0 Å². The summed E-state index contributed by atoms with van der Waals surface area (Å²) in [4.78, 5) is 29.1. The highest BCUT2D eigenvalue weighted by molar-refractivity contribution is 5.94. The van der Waals surface area contributed by atoms with E-state index < -0.39 is 5.60 Å². The maximum absolute atomic E-state index is 13.0. The summed E-state index contributed by atoms with van der Waals surface area (Å²) < 4.78 is 5.81. The van der Waals surface area contributed by atoms with Crippen molar-refractivity contribution < 1.29 is 14.3 Å². The van der Waals surface area contributed by atoms with Gasteiger partial charge in [0, 0.05) is 43.2 Å². The Labute approximate surface area is 160 Å². The summed E-state index contributed by atoms with van der Waals surface area (Å²) in [5.41, 5.74) is 2.41. The second-order valence-corrected chi connectivity index (χ2v) is 8.35. The van der Waals surface area contributed by atoms with Crippen LogP contribution in [-0.2, 0) is 17.6 Å². The summed E-state index contributed by atoms with van der Waals surface area (Å²) >= 11 is 0. The first kappa shape index (κ1) is 18.3. The van der Waals surface area contributed by atoms with E-state index in [0.717, 1.165) is 49.8 Å². The van der Waals surface area contributed by atoms with Gasteiger partial charge in [-0.3, -0.25) is 9.89 Å². The number of carbonyl (C=O) groups excluding carboxylic acids is 2. The van der Waals surface area contributed by atoms with Gasteiger partial charge in [-0.25, -0.2) is 4.79 Å². The average molecular weight is 374 g/mol. The van der Waals surface area contributed by atoms with Crippen LogP contribution in [-0.4, -0.2) is 63.3 Å². The van der Waals surface area contributed by atoms with Crippen LogP contribution in [0.5, 0.6) is 0 Å². The third kappa shape index (κ3) is 3.32. The SMILES string of the molecule is CCC[C@@H](C)N1CC2(CCN(C(=O)c3n[nH]c4c3CCCC4)CC2)OC1=O. The lowest BCUT2D eigenvalue weighted by Crippen LogP contribution is -2.49. The Morgan fingerprint density at radius 3 is 2.78 bits per heavy atom. The molecule has 1 aliphatic carbocycles. The van der Waals surface area contributed by atoms with Gasteiger partial charge in [-0.05, 0) is 39.0 Å². The molecule has 4 rings (SSSR count). The van der Waals surface area contributed by atoms with Crippen molar-refractivity contribution in [2.24, 2.45) is 0 Å². The lowest BCUT2D eigenvalue weighted by Gasteiger charge is -2.37. The molecule has 148 valence electrons. The van der Waals surface area contributed by atoms with Crippen molar-refractivity contribution in [2.75, 3.05) is 19.6 Å². The number of piperidine rings is 1. The third-order valence-electron chi connectivity index (χ3n) is 6.46. The zero-order valence-corrected chi connectivity index (χ0v) is 16.4. The molecule has 3 aliphatic rings. The topological polar surface area (TPSA) is 78.5 Å². The predicted octanol–water partition coefficient (Wildman–Crippen LogP) is 2.90. The van der Waals surface area contributed by atoms with Crippen LogP contribution in [0.25, 0.3) is 0 Å². The number of likely N-dealkylation sites (tertiary alicyclic amines) is 1. The van der Waals surface area contributed by atoms with Gasteiger partial charge >= 0.3 is 6.09 Å². The molecule has 3 heterocycles. The molecule has 0 unspecified atom stereocenters. The molecule has 0 saturated carbocycles. The number of hydrogen-bond donors (Lipinski definition) is 1. The number of hydrogen-bond acceptors (Lipinski definition) is 4. The fraction of sp³-hybridized carbons (Fsp3) is 0.750. The van der Waals surface area contributed by atoms with Crippen LogP contribution < -0.4 is 0 Å². The Kier molecular flexibility index (Phi) is 4.86. The Morgan fingerprint density at radius 1 is 1.30 bits per heavy atom. The smallest absolute Gasteiger partial charge is 0.410 e. The van der Waals surface area contributed by atoms with Gasteiger partial charge in [0.05, 0.1) is 6.54 Å². The van der Waals surface area contributed by atoms with E-state index in [-0.39, 0.29) is 18.0 Å². The maximum Gasteiger partial charge on any atom is 0.410 e. The fourth-order valence-corrected chi connectivity index (χ4v) is 4.75. The van der Waals surface area contributed by atoms with E-state index in [2.05, 4.69) is 24.0 Å². The van der Waals surface area contributed by atoms with Gasteiger partial charge < -0.3 is 14.5 Å². The van der Waals surface area contributed by atoms with Crippen LogP contribution in [0.1, 0.15) is 74.1 Å². The minimum absolute atomic E-state index is 0.0183. The molecule has 2 aliphatic heterocycles. The molecular weight excluding hydrogens is 344 g/mol. The van der Waals surface area contributed by atoms with Gasteiger partial charge in [0.1, 0.15) is 5.60 Å². The summed E-state index contributed by atoms with van der Waals surface area (Å²) in [6, 6.07) is 0.206. The van der Waals surface area contributed by atoms with Crippen LogP contribution >= 0.6 is 0 Å². The molecule has 1 aromatic rings. The number of aromatic amines is 1. The first-order valence-corrected chi connectivity index (χ1v) is 10.4. The number of aryl methyl sites for hydroxylation is 1. The number of H-pyrrole nitrogens is 1. The van der Waals surface area contributed by atoms with Crippen LogP contribution in [0.4, 0.5) is 4.79 Å². The maximum atomic E-state index is 13.0. The molecule has 1 N–H and O–H groups in total. The van der Waals surface area contributed by atoms with E-state index in [1.54, 1.807) is 0 Å². The first-order valence-electron chi connectivity index (χ1n) is 10.4. The average Bonchev–Trinajstić information content (AvgIpc) is 3.23. The van der Waals surface area contributed by atoms with Gasteiger partial charge in [0.15, 0.2) is 5.69 Å². The van der Waals surface area contributed by atoms with E-state index in [1.807, 2.05) is 9.80 Å². The predicted molar refractivity (Wildman–Crippen MR) is 101 cm³/mol. The van der Waals surface area contributed by atoms with E-state index in [4.69, 9.17) is 4.74 Å². The lowest BCUT2D eigenvalue weighted by atomic mass is 9.90. The number of fused-ring (bicyclic) bond motifs is 1. The highest BCUT2D eigenvalue weighted by Gasteiger charge is 2.48. The molecule has 7 nitrogen and oxygen atoms in total. The second-order valence-electron chi connectivity index (χ2n) is 8.35. The van der Waals surface area contributed by atoms with Gasteiger partial charge in [0.2, 0.25) is 0 Å². The van der Waals surface area contributed by atoms with Crippen molar-refractivity contribution in [3.63, 3.8) is 0 Å². The molecule has 1 spiro atoms. The number of ether oxygens (including phenoxy) is 1. The van der Waals surface area contributed by atoms with E-state index in [0.29, 0.717) is 38.2 Å². The fourth-order valence-electron chi connectivity index (χ4n) is 4.75. The van der Waals surface area contributed by atoms with E-state index in [9.17, 15) is 9.59 Å². The highest BCUT2D eigenvalue weighted by atomic mass is 16.6. The number of amides is 2. The lowest BCUT2D eigenvalue weighted by molar-refractivity contribution is 0.00286. The molecule has 1 aromatic heterocycles. The zero-order valence-electron chi connectivity index (χ0n) is 16.4. The zero-order chi connectivity index (χ0) is 19.0. The Balaban J connectivity index is 1.40. The summed E-state index contributed by atoms with van der Waals surface area (Å²) in [5, 5.41) is 7.38. The Hall–Kier alpha value is -2.05. The molecule has 2 fully saturated rings. The summed E-state index contributed by atoms with van der Waals surface area (Å²) in [5.74, 6) is 0.0183.